The van der Waals surface area contributed by atoms with Crippen molar-refractivity contribution in [1.82, 2.24) is 40.2 Å². The number of hydrogen-bond donors (Lipinski definition) is 4. The molecule has 4 N–H and O–H groups in total. The van der Waals surface area contributed by atoms with Crippen LogP contribution < -0.4 is 5.32 Å². The van der Waals surface area contributed by atoms with Crippen LogP contribution in [0.2, 0.25) is 0 Å². The molecule has 6 aromatic rings. The molecule has 0 atom stereocenters. The molecule has 0 spiro atoms. The molecule has 0 aliphatic rings. The first-order chi connectivity index (χ1) is 17.5. The zero-order valence-electron chi connectivity index (χ0n) is 19.8. The highest BCUT2D eigenvalue weighted by molar-refractivity contribution is 5.97. The summed E-state index contributed by atoms with van der Waals surface area (Å²) in [4.78, 5) is 14.6. The molecule has 0 aliphatic heterocycles. The first-order valence-corrected chi connectivity index (χ1v) is 11.6. The molecule has 0 saturated carbocycles. The standard InChI is InChI=1S/C26H24FN9/c1-36(2)8-7-28-19-10-16(9-18(27)12-19)20-5-6-29-25-23(20)32-26(33-25)24-21-11-15(17-13-30-31-14-17)3-4-22(21)34-35-24/h3-6,9-14,28H,7-8H2,1-2H3,(H,30,31)(H,34,35)(H,29,32,33). The molecule has 0 radical (unpaired) electrons. The third-order valence-corrected chi connectivity index (χ3v) is 6.11. The van der Waals surface area contributed by atoms with E-state index in [2.05, 4.69) is 46.6 Å². The number of halogens is 1. The van der Waals surface area contributed by atoms with Crippen LogP contribution in [-0.2, 0) is 0 Å². The Kier molecular flexibility index (Phi) is 5.42. The van der Waals surface area contributed by atoms with Crippen LogP contribution in [0.25, 0.3) is 55.8 Å². The summed E-state index contributed by atoms with van der Waals surface area (Å²) < 4.78 is 14.5. The number of rotatable bonds is 7. The summed E-state index contributed by atoms with van der Waals surface area (Å²) in [6.07, 6.45) is 5.31. The van der Waals surface area contributed by atoms with E-state index in [1.807, 2.05) is 44.6 Å². The first-order valence-electron chi connectivity index (χ1n) is 11.6. The van der Waals surface area contributed by atoms with Crippen molar-refractivity contribution in [3.63, 3.8) is 0 Å². The summed E-state index contributed by atoms with van der Waals surface area (Å²) in [5, 5.41) is 18.7. The van der Waals surface area contributed by atoms with Gasteiger partial charge in [0.2, 0.25) is 0 Å². The predicted molar refractivity (Wildman–Crippen MR) is 139 cm³/mol. The number of H-pyrrole nitrogens is 3. The monoisotopic (exact) mass is 481 g/mol. The topological polar surface area (TPSA) is 114 Å². The first kappa shape index (κ1) is 21.9. The smallest absolute Gasteiger partial charge is 0.178 e. The molecule has 0 fully saturated rings. The molecule has 0 unspecified atom stereocenters. The number of aromatic nitrogens is 7. The third kappa shape index (κ3) is 4.07. The number of anilines is 1. The summed E-state index contributed by atoms with van der Waals surface area (Å²) in [6, 6.07) is 12.9. The van der Waals surface area contributed by atoms with Crippen LogP contribution in [0.5, 0.6) is 0 Å². The lowest BCUT2D eigenvalue weighted by Crippen LogP contribution is -2.20. The fourth-order valence-electron chi connectivity index (χ4n) is 4.32. The maximum Gasteiger partial charge on any atom is 0.178 e. The molecule has 4 aromatic heterocycles. The Morgan fingerprint density at radius 3 is 2.78 bits per heavy atom. The molecule has 10 heteroatoms. The second kappa shape index (κ2) is 8.90. The minimum Gasteiger partial charge on any atom is -0.384 e. The van der Waals surface area contributed by atoms with Crippen LogP contribution in [0.4, 0.5) is 10.1 Å². The van der Waals surface area contributed by atoms with Crippen molar-refractivity contribution in [2.75, 3.05) is 32.5 Å². The molecule has 2 aromatic carbocycles. The van der Waals surface area contributed by atoms with Gasteiger partial charge in [0.1, 0.15) is 11.5 Å². The van der Waals surface area contributed by atoms with Crippen molar-refractivity contribution in [2.24, 2.45) is 0 Å². The summed E-state index contributed by atoms with van der Waals surface area (Å²) >= 11 is 0. The highest BCUT2D eigenvalue weighted by Gasteiger charge is 2.17. The quantitative estimate of drug-likeness (QED) is 0.263. The van der Waals surface area contributed by atoms with Gasteiger partial charge in [-0.05, 0) is 61.6 Å². The normalized spacial score (nSPS) is 11.7. The molecule has 6 rings (SSSR count). The zero-order chi connectivity index (χ0) is 24.6. The number of benzene rings is 2. The Morgan fingerprint density at radius 2 is 1.94 bits per heavy atom. The Morgan fingerprint density at radius 1 is 1.03 bits per heavy atom. The lowest BCUT2D eigenvalue weighted by atomic mass is 10.0. The van der Waals surface area contributed by atoms with Gasteiger partial charge < -0.3 is 15.2 Å². The van der Waals surface area contributed by atoms with E-state index in [0.29, 0.717) is 23.7 Å². The van der Waals surface area contributed by atoms with Crippen molar-refractivity contribution >= 4 is 27.8 Å². The SMILES string of the molecule is CN(C)CCNc1cc(F)cc(-c2ccnc3nc(-c4n[nH]c5ccc(-c6cn[nH]c6)cc45)[nH]c23)c1. The molecule has 4 heterocycles. The number of nitrogens with zero attached hydrogens (tertiary/aromatic N) is 5. The number of likely N-dealkylation sites (N-methyl/N-ethyl adjacent to an activating group) is 1. The summed E-state index contributed by atoms with van der Waals surface area (Å²) in [7, 11) is 4.01. The third-order valence-electron chi connectivity index (χ3n) is 6.11. The van der Waals surface area contributed by atoms with Crippen molar-refractivity contribution in [3.05, 3.63) is 66.9 Å². The Balaban J connectivity index is 1.41. The van der Waals surface area contributed by atoms with Gasteiger partial charge >= 0.3 is 0 Å². The lowest BCUT2D eigenvalue weighted by molar-refractivity contribution is 0.425. The van der Waals surface area contributed by atoms with Crippen molar-refractivity contribution in [1.29, 1.82) is 0 Å². The van der Waals surface area contributed by atoms with Crippen LogP contribution >= 0.6 is 0 Å². The largest absolute Gasteiger partial charge is 0.384 e. The molecule has 0 bridgehead atoms. The van der Waals surface area contributed by atoms with Gasteiger partial charge in [-0.3, -0.25) is 10.2 Å². The average molecular weight is 482 g/mol. The molecule has 0 saturated heterocycles. The maximum atomic E-state index is 14.5. The molecular weight excluding hydrogens is 457 g/mol. The van der Waals surface area contributed by atoms with Gasteiger partial charge in [0, 0.05) is 47.7 Å². The zero-order valence-corrected chi connectivity index (χ0v) is 19.8. The number of pyridine rings is 1. The van der Waals surface area contributed by atoms with Crippen molar-refractivity contribution in [2.45, 2.75) is 0 Å². The van der Waals surface area contributed by atoms with Gasteiger partial charge in [-0.15, -0.1) is 0 Å². The molecule has 36 heavy (non-hydrogen) atoms. The van der Waals surface area contributed by atoms with E-state index in [9.17, 15) is 4.39 Å². The van der Waals surface area contributed by atoms with Crippen LogP contribution in [0, 0.1) is 5.82 Å². The van der Waals surface area contributed by atoms with E-state index in [4.69, 9.17) is 4.98 Å². The summed E-state index contributed by atoms with van der Waals surface area (Å²) in [6.45, 7) is 1.55. The minimum atomic E-state index is -0.311. The highest BCUT2D eigenvalue weighted by Crippen LogP contribution is 2.33. The maximum absolute atomic E-state index is 14.5. The number of fused-ring (bicyclic) bond motifs is 2. The second-order valence-corrected chi connectivity index (χ2v) is 8.92. The Hall–Kier alpha value is -4.57. The van der Waals surface area contributed by atoms with Gasteiger partial charge in [-0.25, -0.2) is 14.4 Å². The molecular formula is C26H24FN9. The average Bonchev–Trinajstić information content (AvgIpc) is 3.62. The van der Waals surface area contributed by atoms with Gasteiger partial charge in [-0.2, -0.15) is 10.2 Å². The second-order valence-electron chi connectivity index (χ2n) is 8.92. The van der Waals surface area contributed by atoms with Gasteiger partial charge in [0.15, 0.2) is 11.5 Å². The van der Waals surface area contributed by atoms with E-state index < -0.39 is 0 Å². The molecule has 0 aliphatic carbocycles. The van der Waals surface area contributed by atoms with Gasteiger partial charge in [-0.1, -0.05) is 6.07 Å². The minimum absolute atomic E-state index is 0.311. The van der Waals surface area contributed by atoms with E-state index in [1.165, 1.54) is 12.1 Å². The predicted octanol–water partition coefficient (Wildman–Crippen LogP) is 4.67. The van der Waals surface area contributed by atoms with Crippen LogP contribution in [0.15, 0.2) is 61.1 Å². The molecule has 9 nitrogen and oxygen atoms in total. The Bertz CT molecular complexity index is 1660. The number of hydrogen-bond acceptors (Lipinski definition) is 6. The van der Waals surface area contributed by atoms with Crippen LogP contribution in [-0.4, -0.2) is 67.4 Å². The van der Waals surface area contributed by atoms with Crippen LogP contribution in [0.1, 0.15) is 0 Å². The fourth-order valence-corrected chi connectivity index (χ4v) is 4.32. The van der Waals surface area contributed by atoms with E-state index in [1.54, 1.807) is 12.4 Å². The van der Waals surface area contributed by atoms with Crippen molar-refractivity contribution < 1.29 is 4.39 Å². The summed E-state index contributed by atoms with van der Waals surface area (Å²) in [5.74, 6) is 0.274. The lowest BCUT2D eigenvalue weighted by Gasteiger charge is -2.13. The van der Waals surface area contributed by atoms with Gasteiger partial charge in [0.05, 0.1) is 17.2 Å². The van der Waals surface area contributed by atoms with E-state index >= 15 is 0 Å². The van der Waals surface area contributed by atoms with Crippen molar-refractivity contribution in [3.8, 4) is 33.8 Å². The molecule has 180 valence electrons. The van der Waals surface area contributed by atoms with E-state index in [0.717, 1.165) is 50.9 Å². The number of aromatic amines is 3. The summed E-state index contributed by atoms with van der Waals surface area (Å²) in [5.41, 5.74) is 7.11. The van der Waals surface area contributed by atoms with Gasteiger partial charge in [0.25, 0.3) is 0 Å². The van der Waals surface area contributed by atoms with Crippen LogP contribution in [0.3, 0.4) is 0 Å². The van der Waals surface area contributed by atoms with E-state index in [-0.39, 0.29) is 5.82 Å². The number of nitrogens with one attached hydrogen (secondary N) is 4. The fraction of sp³-hybridized carbons (Fsp3) is 0.154. The number of imidazole rings is 1. The Labute approximate surface area is 205 Å². The highest BCUT2D eigenvalue weighted by atomic mass is 19.1. The molecule has 0 amide bonds.